The molecule has 0 fully saturated rings. The molecular formula is C10H14O2S. The van der Waals surface area contributed by atoms with Crippen LogP contribution in [0.25, 0.3) is 0 Å². The van der Waals surface area contributed by atoms with E-state index in [4.69, 9.17) is 9.47 Å². The lowest BCUT2D eigenvalue weighted by Crippen LogP contribution is -2.43. The molecule has 1 aromatic heterocycles. The zero-order valence-corrected chi connectivity index (χ0v) is 8.82. The molecule has 13 heavy (non-hydrogen) atoms. The molecule has 0 N–H and O–H groups in total. The Morgan fingerprint density at radius 1 is 1.31 bits per heavy atom. The van der Waals surface area contributed by atoms with E-state index in [0.717, 1.165) is 24.3 Å². The van der Waals surface area contributed by atoms with Gasteiger partial charge < -0.3 is 9.47 Å². The molecule has 0 spiro atoms. The van der Waals surface area contributed by atoms with Gasteiger partial charge in [-0.3, -0.25) is 0 Å². The van der Waals surface area contributed by atoms with E-state index in [9.17, 15) is 0 Å². The molecule has 0 amide bonds. The summed E-state index contributed by atoms with van der Waals surface area (Å²) in [6, 6.07) is 0. The van der Waals surface area contributed by atoms with Crippen LogP contribution in [0, 0.1) is 0 Å². The first-order valence-corrected chi connectivity index (χ1v) is 5.62. The van der Waals surface area contributed by atoms with Gasteiger partial charge >= 0.3 is 0 Å². The molecule has 0 aliphatic carbocycles. The Kier molecular flexibility index (Phi) is 2.20. The van der Waals surface area contributed by atoms with E-state index in [2.05, 4.69) is 13.8 Å². The minimum absolute atomic E-state index is 0.0892. The Morgan fingerprint density at radius 2 is 2.00 bits per heavy atom. The molecule has 2 nitrogen and oxygen atoms in total. The molecule has 0 saturated heterocycles. The monoisotopic (exact) mass is 198 g/mol. The fraction of sp³-hybridized carbons (Fsp3) is 0.600. The van der Waals surface area contributed by atoms with Gasteiger partial charge in [0.15, 0.2) is 11.5 Å². The summed E-state index contributed by atoms with van der Waals surface area (Å²) >= 11 is 1.63. The number of hydrogen-bond donors (Lipinski definition) is 0. The topological polar surface area (TPSA) is 18.5 Å². The highest BCUT2D eigenvalue weighted by molar-refractivity contribution is 7.08. The third-order valence-electron chi connectivity index (χ3n) is 2.70. The lowest BCUT2D eigenvalue weighted by Gasteiger charge is -2.35. The van der Waals surface area contributed by atoms with Crippen molar-refractivity contribution in [1.82, 2.24) is 0 Å². The van der Waals surface area contributed by atoms with Crippen molar-refractivity contribution < 1.29 is 9.47 Å². The normalized spacial score (nSPS) is 18.6. The first kappa shape index (κ1) is 8.88. The number of rotatable bonds is 2. The molecule has 1 aliphatic rings. The SMILES string of the molecule is CCC1(CC)COc2cscc2O1. The standard InChI is InChI=1S/C10H14O2S/c1-3-10(4-2)7-11-8-5-13-6-9(8)12-10/h5-6H,3-4,7H2,1-2H3. The van der Waals surface area contributed by atoms with Gasteiger partial charge in [0.05, 0.1) is 0 Å². The average Bonchev–Trinajstić information content (AvgIpc) is 2.64. The Morgan fingerprint density at radius 3 is 2.69 bits per heavy atom. The van der Waals surface area contributed by atoms with Crippen molar-refractivity contribution in [2.45, 2.75) is 32.3 Å². The summed E-state index contributed by atoms with van der Waals surface area (Å²) in [6.45, 7) is 4.97. The average molecular weight is 198 g/mol. The predicted molar refractivity (Wildman–Crippen MR) is 53.8 cm³/mol. The molecule has 3 heteroatoms. The van der Waals surface area contributed by atoms with E-state index in [1.54, 1.807) is 11.3 Å². The molecule has 72 valence electrons. The number of hydrogen-bond acceptors (Lipinski definition) is 3. The first-order chi connectivity index (χ1) is 6.29. The maximum absolute atomic E-state index is 5.94. The van der Waals surface area contributed by atoms with E-state index >= 15 is 0 Å². The molecule has 0 saturated carbocycles. The molecule has 0 atom stereocenters. The van der Waals surface area contributed by atoms with E-state index < -0.39 is 0 Å². The van der Waals surface area contributed by atoms with Crippen molar-refractivity contribution in [2.24, 2.45) is 0 Å². The number of thiophene rings is 1. The van der Waals surface area contributed by atoms with E-state index in [-0.39, 0.29) is 5.60 Å². The highest BCUT2D eigenvalue weighted by atomic mass is 32.1. The Hall–Kier alpha value is -0.700. The number of fused-ring (bicyclic) bond motifs is 1. The quantitative estimate of drug-likeness (QED) is 0.727. The second kappa shape index (κ2) is 3.22. The van der Waals surface area contributed by atoms with Crippen LogP contribution < -0.4 is 9.47 Å². The van der Waals surface area contributed by atoms with Crippen LogP contribution >= 0.6 is 11.3 Å². The molecule has 0 radical (unpaired) electrons. The molecule has 2 heterocycles. The third-order valence-corrected chi connectivity index (χ3v) is 3.40. The van der Waals surface area contributed by atoms with Gasteiger partial charge in [-0.05, 0) is 12.8 Å². The van der Waals surface area contributed by atoms with Gasteiger partial charge in [-0.1, -0.05) is 13.8 Å². The lowest BCUT2D eigenvalue weighted by molar-refractivity contribution is -0.0135. The summed E-state index contributed by atoms with van der Waals surface area (Å²) in [7, 11) is 0. The first-order valence-electron chi connectivity index (χ1n) is 4.67. The Bertz CT molecular complexity index is 289. The molecule has 0 aromatic carbocycles. The lowest BCUT2D eigenvalue weighted by atomic mass is 9.97. The Labute approximate surface area is 82.5 Å². The van der Waals surface area contributed by atoms with Gasteiger partial charge in [-0.2, -0.15) is 0 Å². The van der Waals surface area contributed by atoms with Crippen molar-refractivity contribution in [1.29, 1.82) is 0 Å². The van der Waals surface area contributed by atoms with Crippen molar-refractivity contribution in [2.75, 3.05) is 6.61 Å². The maximum Gasteiger partial charge on any atom is 0.172 e. The molecule has 0 bridgehead atoms. The van der Waals surface area contributed by atoms with Crippen LogP contribution in [0.3, 0.4) is 0 Å². The Balaban J connectivity index is 2.24. The van der Waals surface area contributed by atoms with Crippen molar-refractivity contribution in [3.8, 4) is 11.5 Å². The summed E-state index contributed by atoms with van der Waals surface area (Å²) in [5.74, 6) is 1.82. The third kappa shape index (κ3) is 1.41. The summed E-state index contributed by atoms with van der Waals surface area (Å²) < 4.78 is 11.6. The van der Waals surface area contributed by atoms with E-state index in [1.807, 2.05) is 10.8 Å². The fourth-order valence-corrected chi connectivity index (χ4v) is 2.19. The number of ether oxygens (including phenoxy) is 2. The van der Waals surface area contributed by atoms with E-state index in [0.29, 0.717) is 6.61 Å². The van der Waals surface area contributed by atoms with Crippen LogP contribution in [0.15, 0.2) is 10.8 Å². The van der Waals surface area contributed by atoms with Crippen LogP contribution in [0.4, 0.5) is 0 Å². The second-order valence-electron chi connectivity index (χ2n) is 3.38. The van der Waals surface area contributed by atoms with Crippen LogP contribution in [0.5, 0.6) is 11.5 Å². The summed E-state index contributed by atoms with van der Waals surface area (Å²) in [5, 5.41) is 4.00. The highest BCUT2D eigenvalue weighted by Gasteiger charge is 2.34. The predicted octanol–water partition coefficient (Wildman–Crippen LogP) is 3.08. The van der Waals surface area contributed by atoms with E-state index in [1.165, 1.54) is 0 Å². The van der Waals surface area contributed by atoms with Gasteiger partial charge in [0, 0.05) is 10.8 Å². The van der Waals surface area contributed by atoms with Crippen molar-refractivity contribution >= 4 is 11.3 Å². The fourth-order valence-electron chi connectivity index (χ4n) is 1.52. The smallest absolute Gasteiger partial charge is 0.172 e. The van der Waals surface area contributed by atoms with Crippen molar-refractivity contribution in [3.63, 3.8) is 0 Å². The largest absolute Gasteiger partial charge is 0.485 e. The van der Waals surface area contributed by atoms with Gasteiger partial charge in [-0.25, -0.2) is 0 Å². The molecule has 1 aliphatic heterocycles. The summed E-state index contributed by atoms with van der Waals surface area (Å²) in [6.07, 6.45) is 2.00. The van der Waals surface area contributed by atoms with Crippen LogP contribution in [0.1, 0.15) is 26.7 Å². The molecular weight excluding hydrogens is 184 g/mol. The van der Waals surface area contributed by atoms with Crippen LogP contribution in [0.2, 0.25) is 0 Å². The van der Waals surface area contributed by atoms with Gasteiger partial charge in [0.25, 0.3) is 0 Å². The van der Waals surface area contributed by atoms with Crippen LogP contribution in [-0.4, -0.2) is 12.2 Å². The zero-order chi connectivity index (χ0) is 9.31. The molecule has 1 aromatic rings. The van der Waals surface area contributed by atoms with Crippen LogP contribution in [-0.2, 0) is 0 Å². The highest BCUT2D eigenvalue weighted by Crippen LogP contribution is 2.40. The minimum Gasteiger partial charge on any atom is -0.485 e. The second-order valence-corrected chi connectivity index (χ2v) is 4.12. The maximum atomic E-state index is 5.94. The zero-order valence-electron chi connectivity index (χ0n) is 8.00. The minimum atomic E-state index is -0.0892. The van der Waals surface area contributed by atoms with Gasteiger partial charge in [0.2, 0.25) is 0 Å². The van der Waals surface area contributed by atoms with Gasteiger partial charge in [0.1, 0.15) is 12.2 Å². The van der Waals surface area contributed by atoms with Gasteiger partial charge in [-0.15, -0.1) is 11.3 Å². The molecule has 2 rings (SSSR count). The van der Waals surface area contributed by atoms with Crippen molar-refractivity contribution in [3.05, 3.63) is 10.8 Å². The summed E-state index contributed by atoms with van der Waals surface area (Å²) in [5.41, 5.74) is -0.0892. The summed E-state index contributed by atoms with van der Waals surface area (Å²) in [4.78, 5) is 0. The molecule has 0 unspecified atom stereocenters.